The molecule has 0 amide bonds. The molecule has 0 aliphatic carbocycles. The van der Waals surface area contributed by atoms with Crippen molar-refractivity contribution in [2.24, 2.45) is 0 Å². The molecule has 0 aliphatic heterocycles. The van der Waals surface area contributed by atoms with Crippen LogP contribution in [0.25, 0.3) is 0 Å². The Hall–Kier alpha value is -1.12. The van der Waals surface area contributed by atoms with Crippen molar-refractivity contribution in [3.05, 3.63) is 17.8 Å². The summed E-state index contributed by atoms with van der Waals surface area (Å²) in [5, 5.41) is 10.9. The Kier molecular flexibility index (Phi) is 2.83. The minimum atomic E-state index is 0.867. The van der Waals surface area contributed by atoms with Crippen molar-refractivity contribution in [3.63, 3.8) is 0 Å². The highest BCUT2D eigenvalue weighted by Gasteiger charge is 1.91. The molecule has 1 N–H and O–H groups in total. The molecule has 0 fully saturated rings. The van der Waals surface area contributed by atoms with Crippen molar-refractivity contribution in [3.8, 4) is 0 Å². The van der Waals surface area contributed by atoms with Crippen molar-refractivity contribution in [2.75, 3.05) is 11.9 Å². The van der Waals surface area contributed by atoms with Gasteiger partial charge in [0.2, 0.25) is 0 Å². The van der Waals surface area contributed by atoms with E-state index >= 15 is 0 Å². The zero-order chi connectivity index (χ0) is 8.10. The first kappa shape index (κ1) is 7.98. The summed E-state index contributed by atoms with van der Waals surface area (Å²) in [6.45, 7) is 5.08. The van der Waals surface area contributed by atoms with Gasteiger partial charge in [0.05, 0.1) is 6.20 Å². The van der Waals surface area contributed by atoms with E-state index in [1.807, 2.05) is 13.0 Å². The highest BCUT2D eigenvalue weighted by Crippen LogP contribution is 2.02. The van der Waals surface area contributed by atoms with Crippen LogP contribution in [0, 0.1) is 6.92 Å². The quantitative estimate of drug-likeness (QED) is 0.713. The van der Waals surface area contributed by atoms with Crippen molar-refractivity contribution in [2.45, 2.75) is 20.3 Å². The Labute approximate surface area is 66.8 Å². The summed E-state index contributed by atoms with van der Waals surface area (Å²) in [5.41, 5.74) is 1.14. The zero-order valence-electron chi connectivity index (χ0n) is 6.96. The predicted molar refractivity (Wildman–Crippen MR) is 45.5 cm³/mol. The van der Waals surface area contributed by atoms with E-state index in [2.05, 4.69) is 22.4 Å². The van der Waals surface area contributed by atoms with E-state index in [-0.39, 0.29) is 0 Å². The normalized spacial score (nSPS) is 9.64. The van der Waals surface area contributed by atoms with Gasteiger partial charge in [0.1, 0.15) is 5.82 Å². The molecule has 1 rings (SSSR count). The van der Waals surface area contributed by atoms with E-state index in [1.54, 1.807) is 6.20 Å². The van der Waals surface area contributed by atoms with Crippen molar-refractivity contribution in [1.29, 1.82) is 0 Å². The van der Waals surface area contributed by atoms with Crippen molar-refractivity contribution < 1.29 is 0 Å². The Morgan fingerprint density at radius 1 is 1.55 bits per heavy atom. The van der Waals surface area contributed by atoms with Gasteiger partial charge in [0, 0.05) is 6.54 Å². The molecule has 0 saturated heterocycles. The minimum Gasteiger partial charge on any atom is -0.369 e. The Morgan fingerprint density at radius 3 is 3.00 bits per heavy atom. The number of nitrogens with one attached hydrogen (secondary N) is 1. The first-order valence-corrected chi connectivity index (χ1v) is 3.86. The maximum atomic E-state index is 3.92. The van der Waals surface area contributed by atoms with E-state index in [0.29, 0.717) is 0 Å². The second-order valence-corrected chi connectivity index (χ2v) is 2.54. The number of rotatable bonds is 3. The average molecular weight is 151 g/mol. The number of hydrogen-bond acceptors (Lipinski definition) is 3. The second kappa shape index (κ2) is 3.91. The van der Waals surface area contributed by atoms with Gasteiger partial charge in [-0.05, 0) is 25.0 Å². The lowest BCUT2D eigenvalue weighted by atomic mass is 10.3. The first-order valence-electron chi connectivity index (χ1n) is 3.86. The Morgan fingerprint density at radius 2 is 2.36 bits per heavy atom. The van der Waals surface area contributed by atoms with Crippen LogP contribution < -0.4 is 5.32 Å². The fourth-order valence-electron chi connectivity index (χ4n) is 0.803. The van der Waals surface area contributed by atoms with Gasteiger partial charge in [-0.15, -0.1) is 5.10 Å². The molecule has 60 valence electrons. The third kappa shape index (κ3) is 2.53. The number of aryl methyl sites for hydroxylation is 1. The number of hydrogen-bond donors (Lipinski definition) is 1. The fraction of sp³-hybridized carbons (Fsp3) is 0.500. The first-order chi connectivity index (χ1) is 5.33. The number of nitrogens with zero attached hydrogens (tertiary/aromatic N) is 2. The van der Waals surface area contributed by atoms with Crippen molar-refractivity contribution in [1.82, 2.24) is 10.2 Å². The summed E-state index contributed by atoms with van der Waals surface area (Å²) in [7, 11) is 0. The lowest BCUT2D eigenvalue weighted by molar-refractivity contribution is 0.939. The van der Waals surface area contributed by atoms with E-state index in [9.17, 15) is 0 Å². The smallest absolute Gasteiger partial charge is 0.148 e. The molecule has 0 spiro atoms. The van der Waals surface area contributed by atoms with Gasteiger partial charge < -0.3 is 5.32 Å². The van der Waals surface area contributed by atoms with Gasteiger partial charge in [0.25, 0.3) is 0 Å². The standard InChI is InChI=1S/C8H13N3/c1-3-4-9-8-5-7(2)6-10-11-8/h5-6H,3-4H2,1-2H3,(H,9,11). The van der Waals surface area contributed by atoms with Crippen LogP contribution in [0.5, 0.6) is 0 Å². The molecule has 11 heavy (non-hydrogen) atoms. The minimum absolute atomic E-state index is 0.867. The monoisotopic (exact) mass is 151 g/mol. The molecule has 1 heterocycles. The molecule has 1 aromatic rings. The van der Waals surface area contributed by atoms with Gasteiger partial charge in [-0.1, -0.05) is 6.92 Å². The SMILES string of the molecule is CCCNc1cc(C)cnn1. The van der Waals surface area contributed by atoms with Crippen LogP contribution in [-0.2, 0) is 0 Å². The molecule has 0 aromatic carbocycles. The van der Waals surface area contributed by atoms with Crippen LogP contribution in [0.15, 0.2) is 12.3 Å². The molecule has 0 aliphatic rings. The summed E-state index contributed by atoms with van der Waals surface area (Å²) < 4.78 is 0. The van der Waals surface area contributed by atoms with Crippen LogP contribution in [0.2, 0.25) is 0 Å². The third-order valence-corrected chi connectivity index (χ3v) is 1.35. The fourth-order valence-corrected chi connectivity index (χ4v) is 0.803. The maximum absolute atomic E-state index is 3.92. The van der Waals surface area contributed by atoms with Gasteiger partial charge in [-0.25, -0.2) is 0 Å². The van der Waals surface area contributed by atoms with Crippen LogP contribution in [0.3, 0.4) is 0 Å². The highest BCUT2D eigenvalue weighted by atomic mass is 15.2. The van der Waals surface area contributed by atoms with Crippen LogP contribution >= 0.6 is 0 Å². The average Bonchev–Trinajstić information content (AvgIpc) is 2.01. The molecule has 0 unspecified atom stereocenters. The van der Waals surface area contributed by atoms with E-state index in [1.165, 1.54) is 0 Å². The topological polar surface area (TPSA) is 37.8 Å². The summed E-state index contributed by atoms with van der Waals surface area (Å²) >= 11 is 0. The number of aromatic nitrogens is 2. The summed E-state index contributed by atoms with van der Waals surface area (Å²) in [6, 6.07) is 1.99. The third-order valence-electron chi connectivity index (χ3n) is 1.35. The van der Waals surface area contributed by atoms with E-state index in [0.717, 1.165) is 24.3 Å². The Balaban J connectivity index is 2.56. The van der Waals surface area contributed by atoms with Crippen molar-refractivity contribution >= 4 is 5.82 Å². The lowest BCUT2D eigenvalue weighted by Gasteiger charge is -2.01. The van der Waals surface area contributed by atoms with Gasteiger partial charge in [-0.2, -0.15) is 5.10 Å². The summed E-state index contributed by atoms with van der Waals surface area (Å²) in [4.78, 5) is 0. The summed E-state index contributed by atoms with van der Waals surface area (Å²) in [6.07, 6.45) is 2.85. The second-order valence-electron chi connectivity index (χ2n) is 2.54. The molecular weight excluding hydrogens is 138 g/mol. The highest BCUT2D eigenvalue weighted by molar-refractivity contribution is 5.34. The molecular formula is C8H13N3. The zero-order valence-corrected chi connectivity index (χ0v) is 6.96. The largest absolute Gasteiger partial charge is 0.369 e. The summed E-state index contributed by atoms with van der Waals surface area (Å²) in [5.74, 6) is 0.867. The van der Waals surface area contributed by atoms with Gasteiger partial charge in [0.15, 0.2) is 0 Å². The van der Waals surface area contributed by atoms with Crippen LogP contribution in [-0.4, -0.2) is 16.7 Å². The van der Waals surface area contributed by atoms with E-state index in [4.69, 9.17) is 0 Å². The predicted octanol–water partition coefficient (Wildman–Crippen LogP) is 1.61. The molecule has 1 aromatic heterocycles. The van der Waals surface area contributed by atoms with Crippen LogP contribution in [0.1, 0.15) is 18.9 Å². The van der Waals surface area contributed by atoms with Crippen LogP contribution in [0.4, 0.5) is 5.82 Å². The molecule has 3 heteroatoms. The molecule has 3 nitrogen and oxygen atoms in total. The van der Waals surface area contributed by atoms with Gasteiger partial charge in [-0.3, -0.25) is 0 Å². The molecule has 0 radical (unpaired) electrons. The maximum Gasteiger partial charge on any atom is 0.148 e. The Bertz CT molecular complexity index is 222. The number of anilines is 1. The molecule has 0 atom stereocenters. The molecule has 0 saturated carbocycles. The lowest BCUT2D eigenvalue weighted by Crippen LogP contribution is -2.02. The molecule has 0 bridgehead atoms. The van der Waals surface area contributed by atoms with Gasteiger partial charge >= 0.3 is 0 Å². The van der Waals surface area contributed by atoms with E-state index < -0.39 is 0 Å².